The molecule has 2 aromatic carbocycles. The third kappa shape index (κ3) is 3.12. The molecule has 0 aliphatic carbocycles. The van der Waals surface area contributed by atoms with Gasteiger partial charge in [-0.05, 0) is 12.1 Å². The third-order valence-corrected chi connectivity index (χ3v) is 3.83. The van der Waals surface area contributed by atoms with Crippen LogP contribution in [0, 0.1) is 5.82 Å². The number of amides is 1. The Morgan fingerprint density at radius 1 is 1.05 bits per heavy atom. The number of anilines is 1. The largest absolute Gasteiger partial charge is 0.295 e. The smallest absolute Gasteiger partial charge is 0.289 e. The topological polar surface area (TPSA) is 54.0 Å². The zero-order valence-electron chi connectivity index (χ0n) is 11.4. The number of nitrogens with zero attached hydrogens (tertiary/aromatic N) is 1. The highest BCUT2D eigenvalue weighted by Crippen LogP contribution is 2.23. The van der Waals surface area contributed by atoms with Crippen LogP contribution in [0.5, 0.6) is 0 Å². The number of rotatable bonds is 4. The molecule has 3 aromatic rings. The lowest BCUT2D eigenvalue weighted by molar-refractivity contribution is 0.0958. The van der Waals surface area contributed by atoms with Gasteiger partial charge in [0.1, 0.15) is 16.5 Å². The molecule has 0 fully saturated rings. The van der Waals surface area contributed by atoms with Crippen LogP contribution in [0.3, 0.4) is 0 Å². The van der Waals surface area contributed by atoms with Gasteiger partial charge in [-0.25, -0.2) is 9.37 Å². The maximum Gasteiger partial charge on any atom is 0.289 e. The van der Waals surface area contributed by atoms with Crippen LogP contribution in [-0.2, 0) is 0 Å². The van der Waals surface area contributed by atoms with Gasteiger partial charge in [-0.1, -0.05) is 42.5 Å². The van der Waals surface area contributed by atoms with Crippen LogP contribution in [0.4, 0.5) is 10.1 Å². The Hall–Kier alpha value is -2.73. The fourth-order valence-electron chi connectivity index (χ4n) is 1.84. The Morgan fingerprint density at radius 3 is 2.55 bits per heavy atom. The molecule has 1 heterocycles. The van der Waals surface area contributed by atoms with Gasteiger partial charge in [0.15, 0.2) is 0 Å². The maximum atomic E-state index is 13.4. The SMILES string of the molecule is O=C(NNc1ccccc1F)c1csc(-c2ccccc2)n1. The Labute approximate surface area is 130 Å². The first-order valence-electron chi connectivity index (χ1n) is 6.56. The molecule has 2 N–H and O–H groups in total. The highest BCUT2D eigenvalue weighted by molar-refractivity contribution is 7.13. The molecule has 3 rings (SSSR count). The van der Waals surface area contributed by atoms with E-state index in [0.29, 0.717) is 0 Å². The predicted molar refractivity (Wildman–Crippen MR) is 85.0 cm³/mol. The number of hydrogen-bond donors (Lipinski definition) is 2. The van der Waals surface area contributed by atoms with Crippen molar-refractivity contribution in [2.24, 2.45) is 0 Å². The number of carbonyl (C=O) groups is 1. The zero-order valence-corrected chi connectivity index (χ0v) is 12.2. The van der Waals surface area contributed by atoms with Crippen LogP contribution in [0.25, 0.3) is 10.6 Å². The fraction of sp³-hybridized carbons (Fsp3) is 0. The number of thiazole rings is 1. The molecule has 22 heavy (non-hydrogen) atoms. The van der Waals surface area contributed by atoms with E-state index in [1.807, 2.05) is 30.3 Å². The minimum atomic E-state index is -0.439. The summed E-state index contributed by atoms with van der Waals surface area (Å²) >= 11 is 1.38. The molecule has 0 bridgehead atoms. The molecule has 0 saturated heterocycles. The van der Waals surface area contributed by atoms with Crippen LogP contribution in [0.15, 0.2) is 60.0 Å². The van der Waals surface area contributed by atoms with E-state index >= 15 is 0 Å². The lowest BCUT2D eigenvalue weighted by Crippen LogP contribution is -2.30. The van der Waals surface area contributed by atoms with Gasteiger partial charge in [0, 0.05) is 10.9 Å². The molecule has 0 unspecified atom stereocenters. The average Bonchev–Trinajstić information content (AvgIpc) is 3.05. The number of benzene rings is 2. The summed E-state index contributed by atoms with van der Waals surface area (Å²) in [5, 5.41) is 2.43. The highest BCUT2D eigenvalue weighted by atomic mass is 32.1. The lowest BCUT2D eigenvalue weighted by atomic mass is 10.2. The van der Waals surface area contributed by atoms with Crippen LogP contribution in [0.1, 0.15) is 10.5 Å². The highest BCUT2D eigenvalue weighted by Gasteiger charge is 2.12. The molecule has 1 aromatic heterocycles. The maximum absolute atomic E-state index is 13.4. The van der Waals surface area contributed by atoms with Crippen molar-refractivity contribution in [2.75, 3.05) is 5.43 Å². The zero-order chi connectivity index (χ0) is 15.4. The van der Waals surface area contributed by atoms with Crippen molar-refractivity contribution in [3.8, 4) is 10.6 Å². The Bertz CT molecular complexity index is 789. The molecule has 4 nitrogen and oxygen atoms in total. The summed E-state index contributed by atoms with van der Waals surface area (Å²) in [4.78, 5) is 16.3. The third-order valence-electron chi connectivity index (χ3n) is 2.94. The Balaban J connectivity index is 1.69. The van der Waals surface area contributed by atoms with E-state index in [0.717, 1.165) is 10.6 Å². The van der Waals surface area contributed by atoms with Gasteiger partial charge in [0.2, 0.25) is 0 Å². The van der Waals surface area contributed by atoms with Gasteiger partial charge in [-0.2, -0.15) is 0 Å². The van der Waals surface area contributed by atoms with E-state index in [1.165, 1.54) is 23.5 Å². The minimum absolute atomic E-state index is 0.203. The second kappa shape index (κ2) is 6.36. The van der Waals surface area contributed by atoms with E-state index in [2.05, 4.69) is 15.8 Å². The van der Waals surface area contributed by atoms with Crippen LogP contribution < -0.4 is 10.9 Å². The molecule has 0 aliphatic rings. The van der Waals surface area contributed by atoms with Gasteiger partial charge in [0.25, 0.3) is 5.91 Å². The number of carbonyl (C=O) groups excluding carboxylic acids is 1. The number of aromatic nitrogens is 1. The molecule has 0 spiro atoms. The number of nitrogens with one attached hydrogen (secondary N) is 2. The quantitative estimate of drug-likeness (QED) is 0.722. The minimum Gasteiger partial charge on any atom is -0.295 e. The Morgan fingerprint density at radius 2 is 1.77 bits per heavy atom. The number of halogens is 1. The van der Waals surface area contributed by atoms with E-state index in [9.17, 15) is 9.18 Å². The van der Waals surface area contributed by atoms with Gasteiger partial charge in [-0.3, -0.25) is 15.6 Å². The molecule has 110 valence electrons. The summed E-state index contributed by atoms with van der Waals surface area (Å²) in [6.45, 7) is 0. The fourth-order valence-corrected chi connectivity index (χ4v) is 2.65. The van der Waals surface area contributed by atoms with Crippen molar-refractivity contribution in [1.29, 1.82) is 0 Å². The summed E-state index contributed by atoms with van der Waals surface area (Å²) in [6, 6.07) is 15.7. The van der Waals surface area contributed by atoms with Gasteiger partial charge in [0.05, 0.1) is 5.69 Å². The summed E-state index contributed by atoms with van der Waals surface area (Å²) in [7, 11) is 0. The number of para-hydroxylation sites is 1. The van der Waals surface area contributed by atoms with Crippen molar-refractivity contribution in [3.63, 3.8) is 0 Å². The van der Waals surface area contributed by atoms with Crippen molar-refractivity contribution in [1.82, 2.24) is 10.4 Å². The monoisotopic (exact) mass is 313 g/mol. The molecular weight excluding hydrogens is 301 g/mol. The first-order chi connectivity index (χ1) is 10.7. The molecule has 0 atom stereocenters. The van der Waals surface area contributed by atoms with Crippen molar-refractivity contribution >= 4 is 22.9 Å². The standard InChI is InChI=1S/C16H12FN3OS/c17-12-8-4-5-9-13(12)19-20-15(21)14-10-22-16(18-14)11-6-2-1-3-7-11/h1-10,19H,(H,20,21). The lowest BCUT2D eigenvalue weighted by Gasteiger charge is -2.07. The van der Waals surface area contributed by atoms with Gasteiger partial charge in [-0.15, -0.1) is 11.3 Å². The first-order valence-corrected chi connectivity index (χ1v) is 7.44. The van der Waals surface area contributed by atoms with E-state index in [1.54, 1.807) is 17.5 Å². The van der Waals surface area contributed by atoms with Crippen LogP contribution in [-0.4, -0.2) is 10.9 Å². The summed E-state index contributed by atoms with van der Waals surface area (Å²) in [5.41, 5.74) is 6.43. The van der Waals surface area contributed by atoms with E-state index < -0.39 is 11.7 Å². The van der Waals surface area contributed by atoms with E-state index in [4.69, 9.17) is 0 Å². The molecular formula is C16H12FN3OS. The predicted octanol–water partition coefficient (Wildman–Crippen LogP) is 3.71. The molecule has 0 radical (unpaired) electrons. The first kappa shape index (κ1) is 14.2. The van der Waals surface area contributed by atoms with Crippen molar-refractivity contribution in [3.05, 3.63) is 71.5 Å². The van der Waals surface area contributed by atoms with Crippen LogP contribution in [0.2, 0.25) is 0 Å². The number of hydrogen-bond acceptors (Lipinski definition) is 4. The number of hydrazine groups is 1. The van der Waals surface area contributed by atoms with Crippen LogP contribution >= 0.6 is 11.3 Å². The van der Waals surface area contributed by atoms with Crippen molar-refractivity contribution < 1.29 is 9.18 Å². The van der Waals surface area contributed by atoms with Gasteiger partial charge >= 0.3 is 0 Å². The second-order valence-electron chi connectivity index (χ2n) is 4.46. The summed E-state index contributed by atoms with van der Waals surface area (Å²) < 4.78 is 13.4. The van der Waals surface area contributed by atoms with E-state index in [-0.39, 0.29) is 11.4 Å². The Kier molecular flexibility index (Phi) is 4.11. The molecule has 6 heteroatoms. The van der Waals surface area contributed by atoms with Gasteiger partial charge < -0.3 is 0 Å². The summed E-state index contributed by atoms with van der Waals surface area (Å²) in [6.07, 6.45) is 0. The average molecular weight is 313 g/mol. The molecule has 1 amide bonds. The second-order valence-corrected chi connectivity index (χ2v) is 5.32. The normalized spacial score (nSPS) is 10.2. The molecule has 0 saturated carbocycles. The van der Waals surface area contributed by atoms with Crippen molar-refractivity contribution in [2.45, 2.75) is 0 Å². The summed E-state index contributed by atoms with van der Waals surface area (Å²) in [5.74, 6) is -0.854. The molecule has 0 aliphatic heterocycles.